The van der Waals surface area contributed by atoms with Gasteiger partial charge in [-0.15, -0.1) is 0 Å². The molecule has 184 valence electrons. The van der Waals surface area contributed by atoms with Crippen molar-refractivity contribution >= 4 is 23.6 Å². The summed E-state index contributed by atoms with van der Waals surface area (Å²) in [5.41, 5.74) is 7.03. The minimum absolute atomic E-state index is 0. The molecule has 0 spiro atoms. The maximum absolute atomic E-state index is 11.7. The number of aryl methyl sites for hydroxylation is 2. The van der Waals surface area contributed by atoms with E-state index in [-0.39, 0.29) is 12.9 Å². The third-order valence-electron chi connectivity index (χ3n) is 8.55. The topological polar surface area (TPSA) is 98.9 Å². The lowest BCUT2D eigenvalue weighted by Crippen LogP contribution is -2.57. The molecule has 2 aromatic heterocycles. The zero-order valence-electron chi connectivity index (χ0n) is 20.9. The van der Waals surface area contributed by atoms with Crippen LogP contribution in [0.4, 0.5) is 11.5 Å². The number of rotatable bonds is 6. The molecule has 2 bridgehead atoms. The van der Waals surface area contributed by atoms with E-state index < -0.39 is 0 Å². The van der Waals surface area contributed by atoms with Crippen molar-refractivity contribution in [2.75, 3.05) is 23.8 Å². The van der Waals surface area contributed by atoms with Crippen LogP contribution in [0.3, 0.4) is 0 Å². The van der Waals surface area contributed by atoms with E-state index in [2.05, 4.69) is 38.2 Å². The molecule has 8 heteroatoms. The van der Waals surface area contributed by atoms with Gasteiger partial charge in [-0.1, -0.05) is 0 Å². The molecule has 0 aromatic carbocycles. The monoisotopic (exact) mass is 465 g/mol. The van der Waals surface area contributed by atoms with Gasteiger partial charge in [-0.05, 0) is 63.9 Å². The number of carbonyl (C=O) groups excluding carboxylic acids is 1. The van der Waals surface area contributed by atoms with Crippen molar-refractivity contribution in [3.63, 3.8) is 0 Å². The first kappa shape index (κ1) is 22.9. The number of nitrogens with one attached hydrogen (secondary N) is 3. The Morgan fingerprint density at radius 3 is 2.56 bits per heavy atom. The highest BCUT2D eigenvalue weighted by molar-refractivity contribution is 5.92. The SMILES string of the molecule is CNc1nc(C)cc(N2CCc3c(c(C)nn3CC34CCC(NC(C)=O)(CC3)CC4)C2)c1C=N.[HH]. The summed E-state index contributed by atoms with van der Waals surface area (Å²) in [4.78, 5) is 18.6. The van der Waals surface area contributed by atoms with Crippen molar-refractivity contribution in [1.82, 2.24) is 20.1 Å². The summed E-state index contributed by atoms with van der Waals surface area (Å²) in [6.07, 6.45) is 9.12. The average Bonchev–Trinajstić information content (AvgIpc) is 3.13. The summed E-state index contributed by atoms with van der Waals surface area (Å²) >= 11 is 0. The van der Waals surface area contributed by atoms with E-state index in [0.29, 0.717) is 5.41 Å². The molecule has 4 aliphatic rings. The molecule has 0 radical (unpaired) electrons. The van der Waals surface area contributed by atoms with Crippen LogP contribution in [0.2, 0.25) is 0 Å². The van der Waals surface area contributed by atoms with Gasteiger partial charge in [-0.2, -0.15) is 5.10 Å². The highest BCUT2D eigenvalue weighted by Crippen LogP contribution is 2.53. The minimum Gasteiger partial charge on any atom is -0.373 e. The lowest BCUT2D eigenvalue weighted by Gasteiger charge is -2.53. The van der Waals surface area contributed by atoms with Gasteiger partial charge in [-0.25, -0.2) is 4.98 Å². The van der Waals surface area contributed by atoms with E-state index in [1.54, 1.807) is 6.92 Å². The predicted octanol–water partition coefficient (Wildman–Crippen LogP) is 3.97. The summed E-state index contributed by atoms with van der Waals surface area (Å²) in [6, 6.07) is 2.09. The molecule has 6 rings (SSSR count). The lowest BCUT2D eigenvalue weighted by molar-refractivity contribution is -0.123. The Hall–Kier alpha value is -2.90. The first-order valence-electron chi connectivity index (χ1n) is 12.6. The van der Waals surface area contributed by atoms with Crippen LogP contribution < -0.4 is 15.5 Å². The molecule has 1 amide bonds. The van der Waals surface area contributed by atoms with Crippen LogP contribution in [0, 0.1) is 24.7 Å². The Kier molecular flexibility index (Phi) is 5.65. The molecule has 3 N–H and O–H groups in total. The molecular weight excluding hydrogens is 426 g/mol. The number of carbonyl (C=O) groups is 1. The predicted molar refractivity (Wildman–Crippen MR) is 137 cm³/mol. The van der Waals surface area contributed by atoms with E-state index in [1.165, 1.54) is 36.7 Å². The molecule has 3 fully saturated rings. The maximum atomic E-state index is 11.7. The van der Waals surface area contributed by atoms with Crippen molar-refractivity contribution < 1.29 is 6.22 Å². The van der Waals surface area contributed by atoms with Crippen LogP contribution in [0.15, 0.2) is 6.07 Å². The van der Waals surface area contributed by atoms with Crippen molar-refractivity contribution in [2.45, 2.75) is 84.3 Å². The van der Waals surface area contributed by atoms with Crippen molar-refractivity contribution in [3.8, 4) is 0 Å². The number of fused-ring (bicyclic) bond motifs is 4. The van der Waals surface area contributed by atoms with Crippen molar-refractivity contribution in [2.24, 2.45) is 5.41 Å². The Balaban J connectivity index is 0.00000289. The quantitative estimate of drug-likeness (QED) is 0.561. The van der Waals surface area contributed by atoms with Gasteiger partial charge in [0.15, 0.2) is 0 Å². The van der Waals surface area contributed by atoms with E-state index in [0.717, 1.165) is 73.8 Å². The van der Waals surface area contributed by atoms with Gasteiger partial charge in [0.05, 0.1) is 16.9 Å². The molecule has 3 aliphatic carbocycles. The minimum atomic E-state index is 0. The molecule has 0 unspecified atom stereocenters. The molecule has 3 saturated carbocycles. The maximum Gasteiger partial charge on any atom is 0.217 e. The molecule has 8 nitrogen and oxygen atoms in total. The van der Waals surface area contributed by atoms with Crippen LogP contribution in [0.25, 0.3) is 0 Å². The zero-order valence-corrected chi connectivity index (χ0v) is 20.9. The van der Waals surface area contributed by atoms with Crippen molar-refractivity contribution in [3.05, 3.63) is 34.3 Å². The Bertz CT molecular complexity index is 1120. The number of amides is 1. The fourth-order valence-corrected chi connectivity index (χ4v) is 6.64. The first-order valence-corrected chi connectivity index (χ1v) is 12.6. The normalized spacial score (nSPS) is 25.7. The number of hydrogen-bond donors (Lipinski definition) is 3. The van der Waals surface area contributed by atoms with E-state index in [1.807, 2.05) is 14.0 Å². The molecule has 3 heterocycles. The summed E-state index contributed by atoms with van der Waals surface area (Å²) in [6.45, 7) is 8.49. The van der Waals surface area contributed by atoms with Gasteiger partial charge in [0, 0.05) is 70.2 Å². The van der Waals surface area contributed by atoms with Crippen LogP contribution in [-0.2, 0) is 24.3 Å². The number of aromatic nitrogens is 3. The van der Waals surface area contributed by atoms with E-state index in [4.69, 9.17) is 10.5 Å². The summed E-state index contributed by atoms with van der Waals surface area (Å²) in [5.74, 6) is 0.861. The van der Waals surface area contributed by atoms with Crippen LogP contribution in [0.1, 0.15) is 75.1 Å². The summed E-state index contributed by atoms with van der Waals surface area (Å²) in [5, 5.41) is 19.4. The summed E-state index contributed by atoms with van der Waals surface area (Å²) < 4.78 is 2.31. The second kappa shape index (κ2) is 8.40. The largest absolute Gasteiger partial charge is 0.373 e. The molecule has 2 aromatic rings. The van der Waals surface area contributed by atoms with Gasteiger partial charge in [0.25, 0.3) is 0 Å². The van der Waals surface area contributed by atoms with Gasteiger partial charge >= 0.3 is 0 Å². The van der Waals surface area contributed by atoms with Crippen LogP contribution in [-0.4, -0.2) is 46.0 Å². The third kappa shape index (κ3) is 3.87. The smallest absolute Gasteiger partial charge is 0.217 e. The van der Waals surface area contributed by atoms with Gasteiger partial charge in [0.1, 0.15) is 5.82 Å². The van der Waals surface area contributed by atoms with E-state index in [9.17, 15) is 4.79 Å². The summed E-state index contributed by atoms with van der Waals surface area (Å²) in [7, 11) is 1.86. The van der Waals surface area contributed by atoms with Crippen LogP contribution >= 0.6 is 0 Å². The fourth-order valence-electron chi connectivity index (χ4n) is 6.64. The lowest BCUT2D eigenvalue weighted by atomic mass is 9.57. The van der Waals surface area contributed by atoms with Gasteiger partial charge in [-0.3, -0.25) is 9.48 Å². The third-order valence-corrected chi connectivity index (χ3v) is 8.55. The van der Waals surface area contributed by atoms with Gasteiger partial charge in [0.2, 0.25) is 5.91 Å². The second-order valence-electron chi connectivity index (χ2n) is 10.7. The molecule has 0 saturated heterocycles. The number of hydrogen-bond acceptors (Lipinski definition) is 6. The fraction of sp³-hybridized carbons (Fsp3) is 0.615. The Morgan fingerprint density at radius 2 is 1.94 bits per heavy atom. The number of anilines is 2. The molecule has 34 heavy (non-hydrogen) atoms. The Labute approximate surface area is 203 Å². The second-order valence-corrected chi connectivity index (χ2v) is 10.7. The van der Waals surface area contributed by atoms with Crippen molar-refractivity contribution in [1.29, 1.82) is 5.41 Å². The molecule has 0 atom stereocenters. The number of nitrogens with zero attached hydrogens (tertiary/aromatic N) is 4. The van der Waals surface area contributed by atoms with E-state index >= 15 is 0 Å². The average molecular weight is 466 g/mol. The molecular formula is C26H39N7O. The van der Waals surface area contributed by atoms with Gasteiger partial charge < -0.3 is 20.9 Å². The zero-order chi connectivity index (χ0) is 24.1. The standard InChI is InChI=1S/C26H37N7O.H2/c1-17-13-23(20(14-27)24(28-4)29-17)32-12-5-22-21(15-32)18(2)31-33(22)16-25-6-9-26(10-7-25,11-8-25)30-19(3)34;/h13-14,27H,5-12,15-16H2,1-4H3,(H,28,29)(H,30,34);1H. The Morgan fingerprint density at radius 1 is 1.24 bits per heavy atom. The highest BCUT2D eigenvalue weighted by Gasteiger charge is 2.49. The highest BCUT2D eigenvalue weighted by atomic mass is 16.1. The van der Waals surface area contributed by atoms with Crippen LogP contribution in [0.5, 0.6) is 0 Å². The molecule has 1 aliphatic heterocycles. The first-order chi connectivity index (χ1) is 16.3. The number of pyridine rings is 1.